The van der Waals surface area contributed by atoms with Gasteiger partial charge < -0.3 is 5.43 Å². The smallest absolute Gasteiger partial charge is 0.0770 e. The van der Waals surface area contributed by atoms with E-state index >= 15 is 0 Å². The number of nitrogens with two attached hydrogens (primary N) is 1. The number of pyridine rings is 1. The summed E-state index contributed by atoms with van der Waals surface area (Å²) in [5.41, 5.74) is 8.39. The fourth-order valence-corrected chi connectivity index (χ4v) is 3.10. The summed E-state index contributed by atoms with van der Waals surface area (Å²) in [4.78, 5) is 4.86. The molecule has 3 nitrogen and oxygen atoms in total. The highest BCUT2D eigenvalue weighted by molar-refractivity contribution is 6.32. The van der Waals surface area contributed by atoms with Gasteiger partial charge in [0.2, 0.25) is 0 Å². The Balaban J connectivity index is 2.36. The van der Waals surface area contributed by atoms with Crippen LogP contribution in [0, 0.1) is 6.92 Å². The van der Waals surface area contributed by atoms with Gasteiger partial charge in [0.1, 0.15) is 0 Å². The molecule has 19 heavy (non-hydrogen) atoms. The monoisotopic (exact) mass is 275 g/mol. The first-order chi connectivity index (χ1) is 9.22. The number of hydrogen-bond acceptors (Lipinski definition) is 3. The van der Waals surface area contributed by atoms with Gasteiger partial charge in [0.05, 0.1) is 11.2 Å². The summed E-state index contributed by atoms with van der Waals surface area (Å²) in [6.07, 6.45) is 5.76. The SMILES string of the molecule is Cc1c(Cl)ccc2c(NN)c3c(nc12)CCCCC3. The molecule has 1 heterocycles. The van der Waals surface area contributed by atoms with E-state index in [1.807, 2.05) is 19.1 Å². The second kappa shape index (κ2) is 4.99. The number of nitrogens with one attached hydrogen (secondary N) is 1. The number of hydrazine groups is 1. The second-order valence-corrected chi connectivity index (χ2v) is 5.59. The Morgan fingerprint density at radius 2 is 2.00 bits per heavy atom. The summed E-state index contributed by atoms with van der Waals surface area (Å²) in [6.45, 7) is 2.01. The molecule has 1 aliphatic carbocycles. The molecule has 100 valence electrons. The molecule has 4 heteroatoms. The topological polar surface area (TPSA) is 50.9 Å². The molecule has 0 amide bonds. The molecule has 0 saturated heterocycles. The Morgan fingerprint density at radius 3 is 2.79 bits per heavy atom. The average Bonchev–Trinajstić information content (AvgIpc) is 2.66. The van der Waals surface area contributed by atoms with Crippen LogP contribution in [0.25, 0.3) is 10.9 Å². The highest BCUT2D eigenvalue weighted by Gasteiger charge is 2.18. The third-order valence-electron chi connectivity index (χ3n) is 4.02. The zero-order valence-electron chi connectivity index (χ0n) is 11.1. The van der Waals surface area contributed by atoms with Crippen molar-refractivity contribution < 1.29 is 0 Å². The number of nitrogen functional groups attached to an aromatic ring is 1. The van der Waals surface area contributed by atoms with Crippen LogP contribution in [-0.4, -0.2) is 4.98 Å². The minimum Gasteiger partial charge on any atom is -0.323 e. The quantitative estimate of drug-likeness (QED) is 0.473. The van der Waals surface area contributed by atoms with Crippen molar-refractivity contribution in [3.8, 4) is 0 Å². The molecule has 0 saturated carbocycles. The van der Waals surface area contributed by atoms with Crippen molar-refractivity contribution in [1.29, 1.82) is 0 Å². The maximum Gasteiger partial charge on any atom is 0.0770 e. The van der Waals surface area contributed by atoms with E-state index in [4.69, 9.17) is 22.4 Å². The van der Waals surface area contributed by atoms with Gasteiger partial charge in [-0.3, -0.25) is 10.8 Å². The van der Waals surface area contributed by atoms with Gasteiger partial charge in [-0.25, -0.2) is 0 Å². The van der Waals surface area contributed by atoms with Crippen LogP contribution in [0.2, 0.25) is 5.02 Å². The maximum atomic E-state index is 6.21. The maximum absolute atomic E-state index is 6.21. The van der Waals surface area contributed by atoms with Crippen LogP contribution >= 0.6 is 11.6 Å². The van der Waals surface area contributed by atoms with E-state index in [2.05, 4.69) is 5.43 Å². The number of benzene rings is 1. The average molecular weight is 276 g/mol. The van der Waals surface area contributed by atoms with E-state index in [1.54, 1.807) is 0 Å². The van der Waals surface area contributed by atoms with Crippen molar-refractivity contribution >= 4 is 28.2 Å². The lowest BCUT2D eigenvalue weighted by Gasteiger charge is -2.16. The number of rotatable bonds is 1. The normalized spacial score (nSPS) is 15.1. The number of anilines is 1. The first-order valence-corrected chi connectivity index (χ1v) is 7.17. The number of nitrogens with zero attached hydrogens (tertiary/aromatic N) is 1. The molecule has 0 bridgehead atoms. The van der Waals surface area contributed by atoms with Gasteiger partial charge in [0, 0.05) is 16.1 Å². The molecule has 2 aromatic rings. The minimum atomic E-state index is 0.761. The lowest BCUT2D eigenvalue weighted by atomic mass is 10.0. The summed E-state index contributed by atoms with van der Waals surface area (Å²) in [6, 6.07) is 3.93. The lowest BCUT2D eigenvalue weighted by Crippen LogP contribution is -2.12. The van der Waals surface area contributed by atoms with Crippen molar-refractivity contribution in [2.24, 2.45) is 5.84 Å². The zero-order valence-corrected chi connectivity index (χ0v) is 11.8. The Labute approximate surface area is 118 Å². The van der Waals surface area contributed by atoms with E-state index in [-0.39, 0.29) is 0 Å². The minimum absolute atomic E-state index is 0.761. The van der Waals surface area contributed by atoms with Crippen molar-refractivity contribution in [3.63, 3.8) is 0 Å². The second-order valence-electron chi connectivity index (χ2n) is 5.19. The number of fused-ring (bicyclic) bond motifs is 2. The fraction of sp³-hybridized carbons (Fsp3) is 0.400. The van der Waals surface area contributed by atoms with Crippen molar-refractivity contribution in [1.82, 2.24) is 4.98 Å². The van der Waals surface area contributed by atoms with Crippen LogP contribution in [0.1, 0.15) is 36.1 Å². The molecule has 0 fully saturated rings. The number of halogens is 1. The largest absolute Gasteiger partial charge is 0.323 e. The summed E-state index contributed by atoms with van der Waals surface area (Å²) in [7, 11) is 0. The molecule has 1 aliphatic rings. The highest BCUT2D eigenvalue weighted by atomic mass is 35.5. The fourth-order valence-electron chi connectivity index (χ4n) is 2.94. The number of aryl methyl sites for hydroxylation is 2. The highest BCUT2D eigenvalue weighted by Crippen LogP contribution is 2.35. The summed E-state index contributed by atoms with van der Waals surface area (Å²) in [5, 5.41) is 1.83. The third kappa shape index (κ3) is 2.07. The van der Waals surface area contributed by atoms with Crippen LogP contribution in [0.15, 0.2) is 12.1 Å². The van der Waals surface area contributed by atoms with Crippen molar-refractivity contribution in [2.75, 3.05) is 5.43 Å². The molecule has 0 aliphatic heterocycles. The van der Waals surface area contributed by atoms with Crippen molar-refractivity contribution in [2.45, 2.75) is 39.0 Å². The lowest BCUT2D eigenvalue weighted by molar-refractivity contribution is 0.709. The van der Waals surface area contributed by atoms with Gasteiger partial charge in [-0.05, 0) is 55.9 Å². The first-order valence-electron chi connectivity index (χ1n) is 6.79. The molecule has 0 unspecified atom stereocenters. The van der Waals surface area contributed by atoms with Crippen LogP contribution in [0.4, 0.5) is 5.69 Å². The van der Waals surface area contributed by atoms with Crippen molar-refractivity contribution in [3.05, 3.63) is 34.0 Å². The predicted molar refractivity (Wildman–Crippen MR) is 80.6 cm³/mol. The number of aromatic nitrogens is 1. The van der Waals surface area contributed by atoms with Crippen LogP contribution in [0.5, 0.6) is 0 Å². The molecule has 0 spiro atoms. The summed E-state index contributed by atoms with van der Waals surface area (Å²) in [5.74, 6) is 5.77. The Bertz CT molecular complexity index is 637. The third-order valence-corrected chi connectivity index (χ3v) is 4.43. The molecule has 0 radical (unpaired) electrons. The standard InChI is InChI=1S/C15H18ClN3/c1-9-12(16)8-7-11-14(9)18-13-6-4-2-3-5-10(13)15(11)19-17/h7-8H,2-6,17H2,1H3,(H,18,19). The molecule has 0 atom stereocenters. The Kier molecular flexibility index (Phi) is 3.33. The van der Waals surface area contributed by atoms with Crippen LogP contribution in [-0.2, 0) is 12.8 Å². The number of hydrogen-bond donors (Lipinski definition) is 2. The molecule has 1 aromatic heterocycles. The van der Waals surface area contributed by atoms with Gasteiger partial charge >= 0.3 is 0 Å². The molecular formula is C15H18ClN3. The Morgan fingerprint density at radius 1 is 1.21 bits per heavy atom. The van der Waals surface area contributed by atoms with Gasteiger partial charge in [0.25, 0.3) is 0 Å². The van der Waals surface area contributed by atoms with Crippen LogP contribution in [0.3, 0.4) is 0 Å². The van der Waals surface area contributed by atoms with E-state index in [0.717, 1.165) is 40.0 Å². The first kappa shape index (κ1) is 12.7. The molecule has 1 aromatic carbocycles. The van der Waals surface area contributed by atoms with E-state index < -0.39 is 0 Å². The van der Waals surface area contributed by atoms with E-state index in [1.165, 1.54) is 30.5 Å². The zero-order chi connectivity index (χ0) is 13.4. The van der Waals surface area contributed by atoms with Gasteiger partial charge in [-0.15, -0.1) is 0 Å². The summed E-state index contributed by atoms with van der Waals surface area (Å²) >= 11 is 6.21. The van der Waals surface area contributed by atoms with Gasteiger partial charge in [0.15, 0.2) is 0 Å². The van der Waals surface area contributed by atoms with Gasteiger partial charge in [-0.1, -0.05) is 18.0 Å². The molecule has 3 rings (SSSR count). The Hall–Kier alpha value is -1.32. The van der Waals surface area contributed by atoms with E-state index in [9.17, 15) is 0 Å². The predicted octanol–water partition coefficient (Wildman–Crippen LogP) is 3.75. The van der Waals surface area contributed by atoms with Gasteiger partial charge in [-0.2, -0.15) is 0 Å². The molecule has 3 N–H and O–H groups in total. The van der Waals surface area contributed by atoms with E-state index in [0.29, 0.717) is 0 Å². The van der Waals surface area contributed by atoms with Crippen LogP contribution < -0.4 is 11.3 Å². The molecular weight excluding hydrogens is 258 g/mol. The summed E-state index contributed by atoms with van der Waals surface area (Å²) < 4.78 is 0.